The number of hydrogen-bond acceptors (Lipinski definition) is 10. The minimum atomic E-state index is -2.69. The quantitative estimate of drug-likeness (QED) is 0.268. The highest BCUT2D eigenvalue weighted by Crippen LogP contribution is 2.54. The number of carbonyl (C=O) groups is 3. The summed E-state index contributed by atoms with van der Waals surface area (Å²) in [4.78, 5) is 46.7. The van der Waals surface area contributed by atoms with E-state index in [-0.39, 0.29) is 35.3 Å². The van der Waals surface area contributed by atoms with Crippen LogP contribution in [0.3, 0.4) is 0 Å². The van der Waals surface area contributed by atoms with Crippen molar-refractivity contribution < 1.29 is 34.8 Å². The molecule has 1 saturated carbocycles. The van der Waals surface area contributed by atoms with E-state index in [1.807, 2.05) is 0 Å². The molecule has 1 heterocycles. The topological polar surface area (TPSA) is 178 Å². The van der Waals surface area contributed by atoms with E-state index in [1.165, 1.54) is 4.90 Å². The monoisotopic (exact) mass is 558 g/mol. The number of aromatic nitrogens is 1. The summed E-state index contributed by atoms with van der Waals surface area (Å²) in [6.45, 7) is 0. The highest BCUT2D eigenvalue weighted by Gasteiger charge is 2.64. The summed E-state index contributed by atoms with van der Waals surface area (Å²) in [5.41, 5.74) is 3.61. The number of aromatic hydroxyl groups is 1. The number of rotatable bonds is 3. The van der Waals surface area contributed by atoms with E-state index in [9.17, 15) is 34.8 Å². The van der Waals surface area contributed by atoms with Crippen LogP contribution >= 0.6 is 0 Å². The van der Waals surface area contributed by atoms with Gasteiger partial charge in [0.05, 0.1) is 17.2 Å². The number of primary amides is 1. The number of aliphatic hydroxyl groups is 3. The Hall–Kier alpha value is -4.66. The Kier molecular flexibility index (Phi) is 6.64. The second-order valence-corrected chi connectivity index (χ2v) is 11.0. The molecule has 0 saturated heterocycles. The first-order valence-corrected chi connectivity index (χ1v) is 12.9. The first kappa shape index (κ1) is 27.9. The summed E-state index contributed by atoms with van der Waals surface area (Å²) in [5.74, 6) is -1.14. The summed E-state index contributed by atoms with van der Waals surface area (Å²) in [6, 6.07) is 4.02. The summed E-state index contributed by atoms with van der Waals surface area (Å²) in [7, 11) is 6.71. The molecule has 0 bridgehead atoms. The Morgan fingerprint density at radius 2 is 1.85 bits per heavy atom. The van der Waals surface area contributed by atoms with Gasteiger partial charge in [-0.3, -0.25) is 24.3 Å². The molecular formula is C30H30N4O7. The summed E-state index contributed by atoms with van der Waals surface area (Å²) in [5, 5.41) is 45.6. The molecule has 11 heteroatoms. The number of nitrogens with zero attached hydrogens (tertiary/aromatic N) is 3. The van der Waals surface area contributed by atoms with Crippen molar-refractivity contribution in [2.75, 3.05) is 33.1 Å². The number of Topliss-reactive ketones (excluding diaryl/α,β-unsaturated/α-hetero) is 2. The Morgan fingerprint density at radius 3 is 2.44 bits per heavy atom. The molecule has 41 heavy (non-hydrogen) atoms. The lowest BCUT2D eigenvalue weighted by atomic mass is 9.57. The minimum absolute atomic E-state index is 0.0111. The van der Waals surface area contributed by atoms with Gasteiger partial charge in [-0.05, 0) is 56.6 Å². The van der Waals surface area contributed by atoms with Gasteiger partial charge < -0.3 is 31.1 Å². The molecule has 3 aliphatic carbocycles. The molecule has 5 rings (SSSR count). The van der Waals surface area contributed by atoms with E-state index in [0.29, 0.717) is 16.8 Å². The number of hydrogen-bond donors (Lipinski definition) is 5. The molecule has 0 radical (unpaired) electrons. The fourth-order valence-electron chi connectivity index (χ4n) is 6.36. The number of anilines is 1. The van der Waals surface area contributed by atoms with Gasteiger partial charge in [0, 0.05) is 49.2 Å². The number of amides is 1. The van der Waals surface area contributed by atoms with Gasteiger partial charge >= 0.3 is 0 Å². The largest absolute Gasteiger partial charge is 0.508 e. The number of aliphatic hydroxyl groups excluding tert-OH is 2. The van der Waals surface area contributed by atoms with Crippen LogP contribution in [-0.4, -0.2) is 87.6 Å². The molecule has 4 atom stereocenters. The van der Waals surface area contributed by atoms with Gasteiger partial charge in [0.2, 0.25) is 5.78 Å². The van der Waals surface area contributed by atoms with Gasteiger partial charge in [-0.1, -0.05) is 11.8 Å². The smallest absolute Gasteiger partial charge is 0.255 e. The van der Waals surface area contributed by atoms with E-state index in [2.05, 4.69) is 16.8 Å². The van der Waals surface area contributed by atoms with Crippen LogP contribution < -0.4 is 10.6 Å². The van der Waals surface area contributed by atoms with Crippen molar-refractivity contribution >= 4 is 28.9 Å². The van der Waals surface area contributed by atoms with Gasteiger partial charge in [-0.15, -0.1) is 0 Å². The minimum Gasteiger partial charge on any atom is -0.508 e. The fourth-order valence-corrected chi connectivity index (χ4v) is 6.36. The maximum Gasteiger partial charge on any atom is 0.255 e. The third-order valence-electron chi connectivity index (χ3n) is 8.18. The highest BCUT2D eigenvalue weighted by molar-refractivity contribution is 6.24. The molecule has 0 aliphatic heterocycles. The average molecular weight is 559 g/mol. The first-order chi connectivity index (χ1) is 19.3. The van der Waals surface area contributed by atoms with Crippen LogP contribution in [0.15, 0.2) is 47.5 Å². The van der Waals surface area contributed by atoms with Crippen LogP contribution in [0.4, 0.5) is 5.69 Å². The lowest BCUT2D eigenvalue weighted by molar-refractivity contribution is -0.153. The molecule has 1 aromatic carbocycles. The molecule has 2 aromatic rings. The standard InChI is InChI=1S/C30H30N4O7/c1-33(2)19-12-15(8-7-14-6-5-9-32-13-14)24(35)21-17(19)10-16-11-18-23(34(3)4)26(37)22(29(31)40)28(39)30(18,41)27(38)20(16)25(21)36/h5-6,9,12-13,16,18,23,35-36,39,41H,10-11H2,1-4H3,(H2,31,40)/t16-,18-,23-,30-/m0/s1. The van der Waals surface area contributed by atoms with Crippen LogP contribution in [0.5, 0.6) is 5.75 Å². The van der Waals surface area contributed by atoms with Gasteiger partial charge in [0.1, 0.15) is 22.8 Å². The lowest BCUT2D eigenvalue weighted by Crippen LogP contribution is -2.65. The van der Waals surface area contributed by atoms with Crippen molar-refractivity contribution in [1.29, 1.82) is 0 Å². The Bertz CT molecular complexity index is 1630. The number of benzene rings is 1. The molecule has 3 aliphatic rings. The van der Waals surface area contributed by atoms with E-state index >= 15 is 0 Å². The Balaban J connectivity index is 1.73. The molecule has 6 N–H and O–H groups in total. The number of carbonyl (C=O) groups excluding carboxylic acids is 3. The Morgan fingerprint density at radius 1 is 1.15 bits per heavy atom. The van der Waals surface area contributed by atoms with Crippen molar-refractivity contribution in [2.45, 2.75) is 24.5 Å². The zero-order valence-electron chi connectivity index (χ0n) is 23.0. The van der Waals surface area contributed by atoms with Crippen LogP contribution in [0.1, 0.15) is 28.7 Å². The molecule has 1 amide bonds. The zero-order chi connectivity index (χ0) is 30.0. The molecular weight excluding hydrogens is 528 g/mol. The van der Waals surface area contributed by atoms with Crippen molar-refractivity contribution in [2.24, 2.45) is 17.6 Å². The molecule has 11 nitrogen and oxygen atoms in total. The van der Waals surface area contributed by atoms with Crippen molar-refractivity contribution in [3.63, 3.8) is 0 Å². The molecule has 0 unspecified atom stereocenters. The van der Waals surface area contributed by atoms with Crippen molar-refractivity contribution in [1.82, 2.24) is 9.88 Å². The molecule has 212 valence electrons. The second kappa shape index (κ2) is 9.76. The summed E-state index contributed by atoms with van der Waals surface area (Å²) in [6.07, 6.45) is 3.37. The summed E-state index contributed by atoms with van der Waals surface area (Å²) < 4.78 is 0. The normalized spacial score (nSPS) is 25.3. The Labute approximate surface area is 236 Å². The first-order valence-electron chi connectivity index (χ1n) is 12.9. The number of pyridine rings is 1. The number of ketones is 2. The molecule has 0 spiro atoms. The van der Waals surface area contributed by atoms with Gasteiger partial charge in [-0.25, -0.2) is 0 Å². The van der Waals surface area contributed by atoms with E-state index < -0.39 is 58.0 Å². The van der Waals surface area contributed by atoms with Gasteiger partial charge in [0.25, 0.3) is 5.91 Å². The number of nitrogens with two attached hydrogens (primary N) is 1. The number of fused-ring (bicyclic) bond motifs is 3. The fraction of sp³-hybridized carbons (Fsp3) is 0.333. The van der Waals surface area contributed by atoms with Crippen LogP contribution in [0, 0.1) is 23.7 Å². The van der Waals surface area contributed by atoms with Gasteiger partial charge in [-0.2, -0.15) is 0 Å². The number of phenols is 1. The third kappa shape index (κ3) is 4.06. The lowest BCUT2D eigenvalue weighted by Gasteiger charge is -2.50. The predicted octanol–water partition coefficient (Wildman–Crippen LogP) is 0.825. The SMILES string of the molecule is CN(C)c1cc(C#Cc2cccnc2)c(O)c2c1C[C@H]1C[C@H]3[C@H](N(C)C)C(=O)C(C(N)=O)=C(O)[C@@]3(O)C(=O)C1=C2O. The van der Waals surface area contributed by atoms with Crippen LogP contribution in [-0.2, 0) is 20.8 Å². The third-order valence-corrected chi connectivity index (χ3v) is 8.18. The maximum atomic E-state index is 14.0. The second-order valence-electron chi connectivity index (χ2n) is 11.0. The van der Waals surface area contributed by atoms with E-state index in [1.54, 1.807) is 63.7 Å². The zero-order valence-corrected chi connectivity index (χ0v) is 23.0. The predicted molar refractivity (Wildman–Crippen MR) is 149 cm³/mol. The van der Waals surface area contributed by atoms with Crippen molar-refractivity contribution in [3.8, 4) is 17.6 Å². The molecule has 1 aromatic heterocycles. The van der Waals surface area contributed by atoms with Crippen LogP contribution in [0.2, 0.25) is 0 Å². The summed E-state index contributed by atoms with van der Waals surface area (Å²) >= 11 is 0. The highest BCUT2D eigenvalue weighted by atomic mass is 16.3. The average Bonchev–Trinajstić information content (AvgIpc) is 2.90. The maximum absolute atomic E-state index is 14.0. The molecule has 1 fully saturated rings. The number of phenolic OH excluding ortho intramolecular Hbond substituents is 1. The van der Waals surface area contributed by atoms with Gasteiger partial charge in [0.15, 0.2) is 11.4 Å². The number of likely N-dealkylation sites (N-methyl/N-ethyl adjacent to an activating group) is 1. The van der Waals surface area contributed by atoms with E-state index in [0.717, 1.165) is 0 Å². The van der Waals surface area contributed by atoms with Crippen LogP contribution in [0.25, 0.3) is 5.76 Å². The van der Waals surface area contributed by atoms with Crippen molar-refractivity contribution in [3.05, 3.63) is 69.8 Å². The van der Waals surface area contributed by atoms with E-state index in [4.69, 9.17) is 5.73 Å².